The van der Waals surface area contributed by atoms with E-state index in [-0.39, 0.29) is 11.8 Å². The Hall–Kier alpha value is -1.39. The topological polar surface area (TPSA) is 52.9 Å². The first-order valence-electron chi connectivity index (χ1n) is 5.98. The third-order valence-electron chi connectivity index (χ3n) is 3.67. The first kappa shape index (κ1) is 11.7. The molecule has 1 heterocycles. The van der Waals surface area contributed by atoms with Gasteiger partial charge in [0.2, 0.25) is 0 Å². The second kappa shape index (κ2) is 4.07. The molecule has 1 aromatic carbocycles. The zero-order chi connectivity index (χ0) is 12.8. The highest BCUT2D eigenvalue weighted by Crippen LogP contribution is 2.41. The van der Waals surface area contributed by atoms with Gasteiger partial charge in [0.15, 0.2) is 5.72 Å². The van der Waals surface area contributed by atoms with Gasteiger partial charge < -0.3 is 5.11 Å². The maximum Gasteiger partial charge on any atom is 0.276 e. The summed E-state index contributed by atoms with van der Waals surface area (Å²) in [5.74, 6) is -0.316. The molecule has 0 radical (unpaired) electrons. The van der Waals surface area contributed by atoms with E-state index in [1.165, 1.54) is 5.01 Å². The van der Waals surface area contributed by atoms with E-state index >= 15 is 0 Å². The minimum absolute atomic E-state index is 0.0336. The van der Waals surface area contributed by atoms with Crippen LogP contribution in [0.2, 0.25) is 5.02 Å². The number of hydrogen-bond donors (Lipinski definition) is 1. The first-order chi connectivity index (χ1) is 8.61. The van der Waals surface area contributed by atoms with Crippen LogP contribution in [0.1, 0.15) is 29.6 Å². The van der Waals surface area contributed by atoms with Gasteiger partial charge in [-0.25, -0.2) is 0 Å². The van der Waals surface area contributed by atoms with Crippen LogP contribution < -0.4 is 0 Å². The Morgan fingerprint density at radius 3 is 2.89 bits per heavy atom. The highest BCUT2D eigenvalue weighted by Gasteiger charge is 2.51. The fourth-order valence-corrected chi connectivity index (χ4v) is 2.77. The van der Waals surface area contributed by atoms with Crippen LogP contribution in [0, 0.1) is 5.92 Å². The molecule has 1 aromatic rings. The Morgan fingerprint density at radius 2 is 2.17 bits per heavy atom. The normalized spacial score (nSPS) is 29.7. The number of carbonyl (C=O) groups is 1. The number of fused-ring (bicyclic) bond motifs is 1. The molecule has 0 bridgehead atoms. The molecule has 18 heavy (non-hydrogen) atoms. The molecule has 0 spiro atoms. The van der Waals surface area contributed by atoms with Crippen LogP contribution >= 0.6 is 11.6 Å². The summed E-state index contributed by atoms with van der Waals surface area (Å²) >= 11 is 5.79. The number of carbonyl (C=O) groups excluding carboxylic acids is 1. The van der Waals surface area contributed by atoms with E-state index in [0.29, 0.717) is 17.0 Å². The Kier molecular flexibility index (Phi) is 2.64. The van der Waals surface area contributed by atoms with Crippen LogP contribution in [0.5, 0.6) is 0 Å². The molecule has 0 aromatic heterocycles. The fraction of sp³-hybridized carbons (Fsp3) is 0.385. The number of aliphatic hydroxyl groups is 1. The molecule has 1 amide bonds. The van der Waals surface area contributed by atoms with Gasteiger partial charge in [0.1, 0.15) is 0 Å². The number of halogens is 1. The third-order valence-corrected chi connectivity index (χ3v) is 3.92. The van der Waals surface area contributed by atoms with E-state index < -0.39 is 5.72 Å². The second-order valence-electron chi connectivity index (χ2n) is 4.77. The molecule has 1 N–H and O–H groups in total. The van der Waals surface area contributed by atoms with E-state index in [1.54, 1.807) is 30.5 Å². The summed E-state index contributed by atoms with van der Waals surface area (Å²) in [6.07, 6.45) is 4.06. The maximum absolute atomic E-state index is 12.3. The molecule has 94 valence electrons. The van der Waals surface area contributed by atoms with Crippen LogP contribution in [0.3, 0.4) is 0 Å². The van der Waals surface area contributed by atoms with Crippen molar-refractivity contribution in [3.05, 3.63) is 34.9 Å². The van der Waals surface area contributed by atoms with Crippen molar-refractivity contribution in [2.75, 3.05) is 0 Å². The van der Waals surface area contributed by atoms with Crippen LogP contribution in [-0.4, -0.2) is 28.0 Å². The highest BCUT2D eigenvalue weighted by atomic mass is 35.5. The van der Waals surface area contributed by atoms with Crippen molar-refractivity contribution in [1.82, 2.24) is 5.01 Å². The summed E-state index contributed by atoms with van der Waals surface area (Å²) in [7, 11) is 0. The highest BCUT2D eigenvalue weighted by molar-refractivity contribution is 6.30. The average Bonchev–Trinajstić information content (AvgIpc) is 2.85. The van der Waals surface area contributed by atoms with Gasteiger partial charge in [0.05, 0.1) is 0 Å². The SMILES string of the molecule is O=C(c1ccc(Cl)cc1)N1N=C[C@@H]2CCC[C@]21O. The number of benzene rings is 1. The van der Waals surface area contributed by atoms with Crippen LogP contribution in [0.25, 0.3) is 0 Å². The molecule has 3 rings (SSSR count). The molecular formula is C13H13ClN2O2. The van der Waals surface area contributed by atoms with Gasteiger partial charge in [-0.1, -0.05) is 11.6 Å². The lowest BCUT2D eigenvalue weighted by Crippen LogP contribution is -2.47. The lowest BCUT2D eigenvalue weighted by Gasteiger charge is -2.30. The number of amides is 1. The molecule has 1 aliphatic heterocycles. The maximum atomic E-state index is 12.3. The van der Waals surface area contributed by atoms with Crippen LogP contribution in [0.4, 0.5) is 0 Å². The van der Waals surface area contributed by atoms with Crippen molar-refractivity contribution in [2.24, 2.45) is 11.0 Å². The molecule has 2 atom stereocenters. The van der Waals surface area contributed by atoms with Crippen LogP contribution in [0.15, 0.2) is 29.4 Å². The summed E-state index contributed by atoms with van der Waals surface area (Å²) in [5.41, 5.74) is -0.644. The van der Waals surface area contributed by atoms with Crippen LogP contribution in [-0.2, 0) is 0 Å². The summed E-state index contributed by atoms with van der Waals surface area (Å²) < 4.78 is 0. The van der Waals surface area contributed by atoms with Gasteiger partial charge in [0.25, 0.3) is 5.91 Å². The van der Waals surface area contributed by atoms with Gasteiger partial charge >= 0.3 is 0 Å². The van der Waals surface area contributed by atoms with Crippen molar-refractivity contribution in [2.45, 2.75) is 25.0 Å². The second-order valence-corrected chi connectivity index (χ2v) is 5.20. The zero-order valence-corrected chi connectivity index (χ0v) is 10.5. The zero-order valence-electron chi connectivity index (χ0n) is 9.71. The molecule has 0 unspecified atom stereocenters. The van der Waals surface area contributed by atoms with E-state index in [9.17, 15) is 9.90 Å². The van der Waals surface area contributed by atoms with E-state index in [2.05, 4.69) is 5.10 Å². The molecule has 1 saturated carbocycles. The Balaban J connectivity index is 1.89. The number of hydrogen-bond acceptors (Lipinski definition) is 3. The molecule has 1 fully saturated rings. The summed E-state index contributed by atoms with van der Waals surface area (Å²) in [6.45, 7) is 0. The average molecular weight is 265 g/mol. The predicted octanol–water partition coefficient (Wildman–Crippen LogP) is 2.27. The lowest BCUT2D eigenvalue weighted by molar-refractivity contribution is -0.0841. The number of nitrogens with zero attached hydrogens (tertiary/aromatic N) is 2. The summed E-state index contributed by atoms with van der Waals surface area (Å²) in [4.78, 5) is 12.3. The van der Waals surface area contributed by atoms with Crippen molar-refractivity contribution in [1.29, 1.82) is 0 Å². The fourth-order valence-electron chi connectivity index (χ4n) is 2.65. The van der Waals surface area contributed by atoms with E-state index in [1.807, 2.05) is 0 Å². The molecule has 1 aliphatic carbocycles. The van der Waals surface area contributed by atoms with E-state index in [4.69, 9.17) is 11.6 Å². The Bertz CT molecular complexity index is 514. The Morgan fingerprint density at radius 1 is 1.44 bits per heavy atom. The quantitative estimate of drug-likeness (QED) is 0.846. The number of hydrazone groups is 1. The van der Waals surface area contributed by atoms with Gasteiger partial charge in [-0.2, -0.15) is 10.1 Å². The Labute approximate surface area is 110 Å². The monoisotopic (exact) mass is 264 g/mol. The molecule has 4 nitrogen and oxygen atoms in total. The standard InChI is InChI=1S/C13H13ClN2O2/c14-11-5-3-9(4-6-11)12(17)16-13(18)7-1-2-10(13)8-15-16/h3-6,8,10,18H,1-2,7H2/t10-,13-/m0/s1. The minimum Gasteiger partial charge on any atom is -0.368 e. The molecular weight excluding hydrogens is 252 g/mol. The summed E-state index contributed by atoms with van der Waals surface area (Å²) in [6, 6.07) is 6.60. The van der Waals surface area contributed by atoms with Crippen molar-refractivity contribution < 1.29 is 9.90 Å². The van der Waals surface area contributed by atoms with Gasteiger partial charge in [-0.05, 0) is 43.5 Å². The predicted molar refractivity (Wildman–Crippen MR) is 68.4 cm³/mol. The van der Waals surface area contributed by atoms with Crippen molar-refractivity contribution in [3.63, 3.8) is 0 Å². The van der Waals surface area contributed by atoms with Crippen molar-refractivity contribution in [3.8, 4) is 0 Å². The number of rotatable bonds is 1. The summed E-state index contributed by atoms with van der Waals surface area (Å²) in [5, 5.41) is 16.4. The van der Waals surface area contributed by atoms with Gasteiger partial charge in [0, 0.05) is 22.7 Å². The molecule has 2 aliphatic rings. The van der Waals surface area contributed by atoms with Crippen molar-refractivity contribution >= 4 is 23.7 Å². The molecule has 5 heteroatoms. The largest absolute Gasteiger partial charge is 0.368 e. The lowest BCUT2D eigenvalue weighted by atomic mass is 10.0. The smallest absolute Gasteiger partial charge is 0.276 e. The van der Waals surface area contributed by atoms with Gasteiger partial charge in [-0.15, -0.1) is 0 Å². The van der Waals surface area contributed by atoms with Gasteiger partial charge in [-0.3, -0.25) is 4.79 Å². The van der Waals surface area contributed by atoms with E-state index in [0.717, 1.165) is 12.8 Å². The molecule has 0 saturated heterocycles. The third kappa shape index (κ3) is 1.64. The minimum atomic E-state index is -1.13. The first-order valence-corrected chi connectivity index (χ1v) is 6.36.